The van der Waals surface area contributed by atoms with Gasteiger partial charge in [0.2, 0.25) is 0 Å². The van der Waals surface area contributed by atoms with E-state index in [1.165, 1.54) is 0 Å². The van der Waals surface area contributed by atoms with Crippen LogP contribution in [0.25, 0.3) is 0 Å². The van der Waals surface area contributed by atoms with Crippen molar-refractivity contribution in [2.24, 2.45) is 0 Å². The minimum atomic E-state index is -4.10. The third-order valence-corrected chi connectivity index (χ3v) is 3.48. The molecule has 80 valence electrons. The van der Waals surface area contributed by atoms with Crippen LogP contribution in [-0.2, 0) is 0 Å². The van der Waals surface area contributed by atoms with Crippen LogP contribution in [0, 0.1) is 0 Å². The first-order valence-electron chi connectivity index (χ1n) is 4.02. The summed E-state index contributed by atoms with van der Waals surface area (Å²) >= 11 is 3.17. The van der Waals surface area contributed by atoms with E-state index in [0.29, 0.717) is 12.3 Å². The van der Waals surface area contributed by atoms with Crippen molar-refractivity contribution in [1.82, 2.24) is 5.32 Å². The van der Waals surface area contributed by atoms with Crippen molar-refractivity contribution in [3.8, 4) is 0 Å². The van der Waals surface area contributed by atoms with Crippen LogP contribution in [0.1, 0.15) is 0 Å². The zero-order chi connectivity index (χ0) is 10.4. The molecule has 0 aliphatic heterocycles. The Morgan fingerprint density at radius 1 is 1.43 bits per heavy atom. The van der Waals surface area contributed by atoms with Crippen LogP contribution in [-0.4, -0.2) is 25.0 Å². The number of hydrogen-bond donors (Lipinski definition) is 1. The molecule has 0 radical (unpaired) electrons. The predicted molar refractivity (Wildman–Crippen MR) is 54.0 cm³/mol. The lowest BCUT2D eigenvalue weighted by Crippen LogP contribution is -2.30. The van der Waals surface area contributed by atoms with Crippen LogP contribution in [0.4, 0.5) is 13.2 Å². The summed E-state index contributed by atoms with van der Waals surface area (Å²) in [4.78, 5) is 0. The molecule has 1 rings (SSSR count). The van der Waals surface area contributed by atoms with Crippen molar-refractivity contribution < 1.29 is 13.2 Å². The second-order valence-electron chi connectivity index (χ2n) is 2.57. The van der Waals surface area contributed by atoms with Gasteiger partial charge in [0.05, 0.1) is 10.8 Å². The van der Waals surface area contributed by atoms with E-state index in [2.05, 4.69) is 5.32 Å². The van der Waals surface area contributed by atoms with Crippen LogP contribution in [0.5, 0.6) is 0 Å². The van der Waals surface area contributed by atoms with E-state index >= 15 is 0 Å². The Morgan fingerprint density at radius 3 is 2.79 bits per heavy atom. The van der Waals surface area contributed by atoms with Gasteiger partial charge in [0.1, 0.15) is 0 Å². The van der Waals surface area contributed by atoms with E-state index < -0.39 is 12.7 Å². The molecule has 0 amide bonds. The summed E-state index contributed by atoms with van der Waals surface area (Å²) in [6.07, 6.45) is -4.10. The lowest BCUT2D eigenvalue weighted by atomic mass is 10.6. The molecule has 0 spiro atoms. The SMILES string of the molecule is FC(F)(F)CNCCSc1cccs1. The lowest BCUT2D eigenvalue weighted by molar-refractivity contribution is -0.124. The summed E-state index contributed by atoms with van der Waals surface area (Å²) in [5, 5.41) is 4.30. The molecule has 0 aromatic carbocycles. The van der Waals surface area contributed by atoms with E-state index in [-0.39, 0.29) is 0 Å². The van der Waals surface area contributed by atoms with E-state index in [4.69, 9.17) is 0 Å². The predicted octanol–water partition coefficient (Wildman–Crippen LogP) is 2.99. The molecule has 0 unspecified atom stereocenters. The topological polar surface area (TPSA) is 12.0 Å². The van der Waals surface area contributed by atoms with E-state index in [1.54, 1.807) is 23.1 Å². The molecular formula is C8H10F3NS2. The fourth-order valence-corrected chi connectivity index (χ4v) is 2.56. The molecule has 1 heterocycles. The van der Waals surface area contributed by atoms with Crippen LogP contribution >= 0.6 is 23.1 Å². The van der Waals surface area contributed by atoms with Gasteiger partial charge >= 0.3 is 6.18 Å². The Balaban J connectivity index is 2.00. The molecule has 0 saturated heterocycles. The Bertz CT molecular complexity index is 246. The van der Waals surface area contributed by atoms with Gasteiger partial charge in [0, 0.05) is 12.3 Å². The molecule has 0 fully saturated rings. The first-order chi connectivity index (χ1) is 6.58. The zero-order valence-corrected chi connectivity index (χ0v) is 8.94. The molecule has 1 N–H and O–H groups in total. The monoisotopic (exact) mass is 241 g/mol. The van der Waals surface area contributed by atoms with Gasteiger partial charge in [0.25, 0.3) is 0 Å². The van der Waals surface area contributed by atoms with Crippen molar-refractivity contribution in [2.45, 2.75) is 10.4 Å². The normalized spacial score (nSPS) is 11.9. The minimum Gasteiger partial charge on any atom is -0.308 e. The molecule has 0 aliphatic carbocycles. The van der Waals surface area contributed by atoms with Crippen molar-refractivity contribution >= 4 is 23.1 Å². The standard InChI is InChI=1S/C8H10F3NS2/c9-8(10,11)6-12-3-5-14-7-2-1-4-13-7/h1-2,4,12H,3,5-6H2. The lowest BCUT2D eigenvalue weighted by Gasteiger charge is -2.06. The highest BCUT2D eigenvalue weighted by Crippen LogP contribution is 2.22. The van der Waals surface area contributed by atoms with Gasteiger partial charge < -0.3 is 5.32 Å². The molecule has 14 heavy (non-hydrogen) atoms. The quantitative estimate of drug-likeness (QED) is 0.628. The minimum absolute atomic E-state index is 0.377. The van der Waals surface area contributed by atoms with Gasteiger partial charge in [-0.25, -0.2) is 0 Å². The molecule has 0 bridgehead atoms. The molecule has 0 saturated carbocycles. The second-order valence-corrected chi connectivity index (χ2v) is 4.92. The molecule has 6 heteroatoms. The maximum absolute atomic E-state index is 11.7. The summed E-state index contributed by atoms with van der Waals surface area (Å²) in [5.41, 5.74) is 0. The average Bonchev–Trinajstić information content (AvgIpc) is 2.54. The first-order valence-corrected chi connectivity index (χ1v) is 5.88. The Labute approximate surface area is 88.7 Å². The third-order valence-electron chi connectivity index (χ3n) is 1.34. The summed E-state index contributed by atoms with van der Waals surface area (Å²) in [5.74, 6) is 0.663. The molecule has 0 aliphatic rings. The maximum Gasteiger partial charge on any atom is 0.401 e. The summed E-state index contributed by atoms with van der Waals surface area (Å²) in [6, 6.07) is 3.88. The van der Waals surface area contributed by atoms with Gasteiger partial charge in [-0.3, -0.25) is 0 Å². The Morgan fingerprint density at radius 2 is 2.21 bits per heavy atom. The van der Waals surface area contributed by atoms with Crippen molar-refractivity contribution in [1.29, 1.82) is 0 Å². The number of rotatable bonds is 5. The molecule has 1 nitrogen and oxygen atoms in total. The Kier molecular flexibility index (Phi) is 4.77. The number of hydrogen-bond acceptors (Lipinski definition) is 3. The highest BCUT2D eigenvalue weighted by Gasteiger charge is 2.25. The molecule has 1 aromatic rings. The van der Waals surface area contributed by atoms with E-state index in [9.17, 15) is 13.2 Å². The van der Waals surface area contributed by atoms with Gasteiger partial charge in [-0.2, -0.15) is 13.2 Å². The number of nitrogens with one attached hydrogen (secondary N) is 1. The van der Waals surface area contributed by atoms with Gasteiger partial charge in [0.15, 0.2) is 0 Å². The Hall–Kier alpha value is -0.200. The summed E-state index contributed by atoms with van der Waals surface area (Å²) in [7, 11) is 0. The number of alkyl halides is 3. The highest BCUT2D eigenvalue weighted by molar-refractivity contribution is 8.01. The number of halogens is 3. The third kappa shape index (κ3) is 5.51. The molecule has 1 aromatic heterocycles. The maximum atomic E-state index is 11.7. The molecular weight excluding hydrogens is 231 g/mol. The van der Waals surface area contributed by atoms with Crippen LogP contribution in [0.15, 0.2) is 21.7 Å². The van der Waals surface area contributed by atoms with Crippen molar-refractivity contribution in [3.63, 3.8) is 0 Å². The van der Waals surface area contributed by atoms with Gasteiger partial charge in [-0.1, -0.05) is 6.07 Å². The summed E-state index contributed by atoms with van der Waals surface area (Å²) in [6.45, 7) is -0.528. The average molecular weight is 241 g/mol. The highest BCUT2D eigenvalue weighted by atomic mass is 32.2. The van der Waals surface area contributed by atoms with Crippen LogP contribution in [0.3, 0.4) is 0 Å². The summed E-state index contributed by atoms with van der Waals surface area (Å²) < 4.78 is 36.2. The first kappa shape index (κ1) is 11.9. The van der Waals surface area contributed by atoms with Crippen molar-refractivity contribution in [3.05, 3.63) is 17.5 Å². The smallest absolute Gasteiger partial charge is 0.308 e. The van der Waals surface area contributed by atoms with Crippen molar-refractivity contribution in [2.75, 3.05) is 18.8 Å². The fourth-order valence-electron chi connectivity index (χ4n) is 0.800. The fraction of sp³-hybridized carbons (Fsp3) is 0.500. The second kappa shape index (κ2) is 5.63. The zero-order valence-electron chi connectivity index (χ0n) is 7.30. The van der Waals surface area contributed by atoms with E-state index in [1.807, 2.05) is 17.5 Å². The van der Waals surface area contributed by atoms with Gasteiger partial charge in [-0.05, 0) is 11.4 Å². The number of thioether (sulfide) groups is 1. The van der Waals surface area contributed by atoms with Gasteiger partial charge in [-0.15, -0.1) is 23.1 Å². The van der Waals surface area contributed by atoms with E-state index in [0.717, 1.165) is 4.21 Å². The molecule has 0 atom stereocenters. The largest absolute Gasteiger partial charge is 0.401 e. The van der Waals surface area contributed by atoms with Crippen LogP contribution in [0.2, 0.25) is 0 Å². The number of thiophene rings is 1. The van der Waals surface area contributed by atoms with Crippen LogP contribution < -0.4 is 5.32 Å².